The molecule has 0 aliphatic carbocycles. The van der Waals surface area contributed by atoms with Crippen molar-refractivity contribution in [3.8, 4) is 5.69 Å². The summed E-state index contributed by atoms with van der Waals surface area (Å²) in [7, 11) is 0. The number of carbonyl (C=O) groups excluding carboxylic acids is 2. The number of nitrogens with two attached hydrogens (primary N) is 1. The number of anilines is 1. The molecule has 0 aliphatic rings. The molecule has 170 valence electrons. The molecule has 0 saturated heterocycles. The largest absolute Gasteiger partial charge is 0.462 e. The topological polar surface area (TPSA) is 135 Å². The fourth-order valence-corrected chi connectivity index (χ4v) is 3.37. The SMILES string of the molecule is CCOC(=O)c1c(C)oc2nc(COC(=O)CCc3cnn(-c4ccccc4)c3)nc(N)c12. The maximum atomic E-state index is 12.2. The summed E-state index contributed by atoms with van der Waals surface area (Å²) < 4.78 is 17.6. The number of aryl methyl sites for hydroxylation is 2. The molecule has 33 heavy (non-hydrogen) atoms. The number of benzene rings is 1. The van der Waals surface area contributed by atoms with E-state index >= 15 is 0 Å². The van der Waals surface area contributed by atoms with E-state index < -0.39 is 11.9 Å². The lowest BCUT2D eigenvalue weighted by atomic mass is 10.2. The summed E-state index contributed by atoms with van der Waals surface area (Å²) in [6, 6.07) is 9.70. The number of fused-ring (bicyclic) bond motifs is 1. The van der Waals surface area contributed by atoms with E-state index in [4.69, 9.17) is 19.6 Å². The summed E-state index contributed by atoms with van der Waals surface area (Å²) in [6.07, 6.45) is 4.25. The van der Waals surface area contributed by atoms with Crippen molar-refractivity contribution in [1.29, 1.82) is 0 Å². The number of ether oxygens (including phenoxy) is 2. The van der Waals surface area contributed by atoms with Crippen molar-refractivity contribution in [2.45, 2.75) is 33.3 Å². The van der Waals surface area contributed by atoms with Crippen LogP contribution in [0.1, 0.15) is 40.9 Å². The molecule has 4 aromatic rings. The van der Waals surface area contributed by atoms with Crippen LogP contribution in [0.15, 0.2) is 47.1 Å². The van der Waals surface area contributed by atoms with Gasteiger partial charge in [-0.15, -0.1) is 0 Å². The standard InChI is InChI=1S/C23H23N5O5/c1-3-31-23(30)19-14(2)33-22-20(19)21(24)26-17(27-22)13-32-18(29)10-9-15-11-25-28(12-15)16-7-5-4-6-8-16/h4-8,11-12H,3,9-10,13H2,1-2H3,(H2,24,26,27). The number of carbonyl (C=O) groups is 2. The third-order valence-electron chi connectivity index (χ3n) is 4.92. The number of para-hydroxylation sites is 1. The molecule has 0 fully saturated rings. The van der Waals surface area contributed by atoms with E-state index in [-0.39, 0.29) is 47.9 Å². The van der Waals surface area contributed by atoms with Gasteiger partial charge in [-0.1, -0.05) is 18.2 Å². The molecule has 3 heterocycles. The van der Waals surface area contributed by atoms with Gasteiger partial charge in [-0.05, 0) is 38.0 Å². The Balaban J connectivity index is 1.37. The minimum absolute atomic E-state index is 0.0549. The van der Waals surface area contributed by atoms with Gasteiger partial charge in [0.1, 0.15) is 17.1 Å². The van der Waals surface area contributed by atoms with Gasteiger partial charge < -0.3 is 19.6 Å². The van der Waals surface area contributed by atoms with Crippen LogP contribution in [0, 0.1) is 6.92 Å². The molecule has 2 N–H and O–H groups in total. The summed E-state index contributed by atoms with van der Waals surface area (Å²) in [5, 5.41) is 4.61. The van der Waals surface area contributed by atoms with Crippen LogP contribution in [0.4, 0.5) is 5.82 Å². The average Bonchev–Trinajstić information content (AvgIpc) is 3.41. The number of nitrogen functional groups attached to an aromatic ring is 1. The summed E-state index contributed by atoms with van der Waals surface area (Å²) in [4.78, 5) is 32.8. The lowest BCUT2D eigenvalue weighted by Gasteiger charge is -2.05. The predicted molar refractivity (Wildman–Crippen MR) is 119 cm³/mol. The number of aromatic nitrogens is 4. The van der Waals surface area contributed by atoms with Crippen LogP contribution in [0.25, 0.3) is 16.8 Å². The van der Waals surface area contributed by atoms with Crippen LogP contribution in [0.3, 0.4) is 0 Å². The Kier molecular flexibility index (Phi) is 6.34. The minimum Gasteiger partial charge on any atom is -0.462 e. The summed E-state index contributed by atoms with van der Waals surface area (Å²) in [5.41, 5.74) is 8.22. The third-order valence-corrected chi connectivity index (χ3v) is 4.92. The van der Waals surface area contributed by atoms with E-state index in [0.29, 0.717) is 12.2 Å². The molecule has 0 spiro atoms. The van der Waals surface area contributed by atoms with Crippen molar-refractivity contribution in [2.24, 2.45) is 0 Å². The molecule has 0 saturated carbocycles. The second-order valence-corrected chi connectivity index (χ2v) is 7.25. The van der Waals surface area contributed by atoms with Crippen LogP contribution in [-0.2, 0) is 27.3 Å². The molecule has 4 rings (SSSR count). The van der Waals surface area contributed by atoms with Crippen molar-refractivity contribution in [1.82, 2.24) is 19.7 Å². The van der Waals surface area contributed by atoms with E-state index in [1.807, 2.05) is 36.5 Å². The van der Waals surface area contributed by atoms with Crippen molar-refractivity contribution in [3.63, 3.8) is 0 Å². The first kappa shape index (κ1) is 22.0. The highest BCUT2D eigenvalue weighted by atomic mass is 16.5. The quantitative estimate of drug-likeness (QED) is 0.402. The molecule has 0 radical (unpaired) electrons. The predicted octanol–water partition coefficient (Wildman–Crippen LogP) is 3.15. The Labute approximate surface area is 189 Å². The van der Waals surface area contributed by atoms with Crippen LogP contribution >= 0.6 is 0 Å². The number of esters is 2. The Morgan fingerprint density at radius 1 is 1.15 bits per heavy atom. The Morgan fingerprint density at radius 3 is 2.70 bits per heavy atom. The zero-order valence-electron chi connectivity index (χ0n) is 18.3. The van der Waals surface area contributed by atoms with Crippen LogP contribution in [-0.4, -0.2) is 38.3 Å². The van der Waals surface area contributed by atoms with Gasteiger partial charge in [-0.3, -0.25) is 4.79 Å². The lowest BCUT2D eigenvalue weighted by molar-refractivity contribution is -0.145. The zero-order chi connectivity index (χ0) is 23.4. The van der Waals surface area contributed by atoms with Gasteiger partial charge in [0, 0.05) is 12.6 Å². The van der Waals surface area contributed by atoms with E-state index in [2.05, 4.69) is 15.1 Å². The average molecular weight is 449 g/mol. The van der Waals surface area contributed by atoms with E-state index in [1.165, 1.54) is 0 Å². The molecular weight excluding hydrogens is 426 g/mol. The molecule has 1 aromatic carbocycles. The van der Waals surface area contributed by atoms with Gasteiger partial charge in [0.05, 0.1) is 23.9 Å². The second-order valence-electron chi connectivity index (χ2n) is 7.25. The fourth-order valence-electron chi connectivity index (χ4n) is 3.37. The minimum atomic E-state index is -0.557. The monoisotopic (exact) mass is 449 g/mol. The third kappa shape index (κ3) is 4.84. The summed E-state index contributed by atoms with van der Waals surface area (Å²) in [6.45, 7) is 3.37. The van der Waals surface area contributed by atoms with E-state index in [0.717, 1.165) is 11.3 Å². The molecule has 3 aromatic heterocycles. The van der Waals surface area contributed by atoms with Crippen molar-refractivity contribution in [3.05, 3.63) is 65.4 Å². The van der Waals surface area contributed by atoms with Gasteiger partial charge in [-0.25, -0.2) is 14.5 Å². The van der Waals surface area contributed by atoms with E-state index in [1.54, 1.807) is 24.7 Å². The smallest absolute Gasteiger partial charge is 0.342 e. The molecule has 10 nitrogen and oxygen atoms in total. The van der Waals surface area contributed by atoms with Crippen molar-refractivity contribution >= 4 is 28.9 Å². The highest BCUT2D eigenvalue weighted by Crippen LogP contribution is 2.29. The van der Waals surface area contributed by atoms with Crippen molar-refractivity contribution < 1.29 is 23.5 Å². The maximum absolute atomic E-state index is 12.2. The molecule has 10 heteroatoms. The summed E-state index contributed by atoms with van der Waals surface area (Å²) in [5.74, 6) is -0.408. The fraction of sp³-hybridized carbons (Fsp3) is 0.261. The summed E-state index contributed by atoms with van der Waals surface area (Å²) >= 11 is 0. The molecular formula is C23H23N5O5. The first-order valence-electron chi connectivity index (χ1n) is 10.4. The molecule has 0 bridgehead atoms. The first-order chi connectivity index (χ1) is 16.0. The number of furan rings is 1. The Hall–Kier alpha value is -4.21. The number of hydrogen-bond donors (Lipinski definition) is 1. The van der Waals surface area contributed by atoms with E-state index in [9.17, 15) is 9.59 Å². The lowest BCUT2D eigenvalue weighted by Crippen LogP contribution is -2.10. The molecule has 0 atom stereocenters. The first-order valence-corrected chi connectivity index (χ1v) is 10.4. The Bertz CT molecular complexity index is 1300. The van der Waals surface area contributed by atoms with Gasteiger partial charge in [0.2, 0.25) is 5.71 Å². The van der Waals surface area contributed by atoms with Crippen molar-refractivity contribution in [2.75, 3.05) is 12.3 Å². The van der Waals surface area contributed by atoms with Crippen LogP contribution < -0.4 is 5.73 Å². The van der Waals surface area contributed by atoms with Gasteiger partial charge in [0.25, 0.3) is 0 Å². The highest BCUT2D eigenvalue weighted by molar-refractivity contribution is 6.07. The second kappa shape index (κ2) is 9.51. The number of hydrogen-bond acceptors (Lipinski definition) is 9. The van der Waals surface area contributed by atoms with Crippen LogP contribution in [0.5, 0.6) is 0 Å². The van der Waals surface area contributed by atoms with Gasteiger partial charge >= 0.3 is 11.9 Å². The number of rotatable bonds is 8. The normalized spacial score (nSPS) is 11.0. The van der Waals surface area contributed by atoms with Gasteiger partial charge in [-0.2, -0.15) is 10.1 Å². The maximum Gasteiger partial charge on any atom is 0.342 e. The van der Waals surface area contributed by atoms with Gasteiger partial charge in [0.15, 0.2) is 12.4 Å². The zero-order valence-corrected chi connectivity index (χ0v) is 18.3. The molecule has 0 aliphatic heterocycles. The molecule has 0 unspecified atom stereocenters. The number of nitrogens with zero attached hydrogens (tertiary/aromatic N) is 4. The van der Waals surface area contributed by atoms with Crippen LogP contribution in [0.2, 0.25) is 0 Å². The molecule has 0 amide bonds. The highest BCUT2D eigenvalue weighted by Gasteiger charge is 2.24. The Morgan fingerprint density at radius 2 is 1.94 bits per heavy atom.